The van der Waals surface area contributed by atoms with Gasteiger partial charge in [0.05, 0.1) is 17.6 Å². The van der Waals surface area contributed by atoms with Gasteiger partial charge < -0.3 is 4.57 Å². The van der Waals surface area contributed by atoms with E-state index in [-0.39, 0.29) is 5.56 Å². The van der Waals surface area contributed by atoms with Gasteiger partial charge in [-0.25, -0.2) is 15.0 Å². The third-order valence-corrected chi connectivity index (χ3v) is 5.46. The molecule has 5 aromatic rings. The number of aryl methyl sites for hydroxylation is 1. The predicted octanol–water partition coefficient (Wildman–Crippen LogP) is 4.49. The van der Waals surface area contributed by atoms with Gasteiger partial charge in [-0.2, -0.15) is 0 Å². The van der Waals surface area contributed by atoms with Gasteiger partial charge in [0.1, 0.15) is 16.7 Å². The Kier molecular flexibility index (Phi) is 4.37. The Labute approximate surface area is 177 Å². The second-order valence-electron chi connectivity index (χ2n) is 7.16. The average Bonchev–Trinajstić information content (AvgIpc) is 3.03. The monoisotopic (exact) mass is 415 g/mol. The topological polar surface area (TPSA) is 65.6 Å². The van der Waals surface area contributed by atoms with Gasteiger partial charge in [0.25, 0.3) is 5.56 Å². The molecule has 0 radical (unpaired) electrons. The predicted molar refractivity (Wildman–Crippen MR) is 120 cm³/mol. The Morgan fingerprint density at radius 2 is 1.67 bits per heavy atom. The van der Waals surface area contributed by atoms with Crippen LogP contribution in [0.3, 0.4) is 0 Å². The summed E-state index contributed by atoms with van der Waals surface area (Å²) in [6, 6.07) is 15.3. The van der Waals surface area contributed by atoms with Gasteiger partial charge in [-0.05, 0) is 36.8 Å². The van der Waals surface area contributed by atoms with Crippen molar-refractivity contribution in [1.29, 1.82) is 0 Å². The Morgan fingerprint density at radius 3 is 2.37 bits per heavy atom. The number of rotatable bonds is 4. The van der Waals surface area contributed by atoms with Crippen molar-refractivity contribution in [2.75, 3.05) is 0 Å². The molecule has 0 unspecified atom stereocenters. The molecule has 0 aliphatic carbocycles. The summed E-state index contributed by atoms with van der Waals surface area (Å²) in [6.07, 6.45) is 1.69. The molecular formula is C23H18ClN5O. The molecule has 0 saturated heterocycles. The molecule has 0 aliphatic heterocycles. The summed E-state index contributed by atoms with van der Waals surface area (Å²) < 4.78 is 3.57. The van der Waals surface area contributed by atoms with Crippen molar-refractivity contribution >= 4 is 44.8 Å². The number of hydrogen-bond donors (Lipinski definition) is 0. The Bertz CT molecular complexity index is 1500. The van der Waals surface area contributed by atoms with Gasteiger partial charge in [-0.3, -0.25) is 9.36 Å². The third-order valence-electron chi connectivity index (χ3n) is 5.21. The van der Waals surface area contributed by atoms with Gasteiger partial charge in [-0.15, -0.1) is 6.58 Å². The highest BCUT2D eigenvalue weighted by Gasteiger charge is 2.21. The fourth-order valence-electron chi connectivity index (χ4n) is 3.76. The molecule has 3 aromatic heterocycles. The van der Waals surface area contributed by atoms with E-state index in [4.69, 9.17) is 26.6 Å². The molecule has 3 heterocycles. The molecule has 0 N–H and O–H groups in total. The smallest absolute Gasteiger partial charge is 0.265 e. The number of aromatic nitrogens is 5. The van der Waals surface area contributed by atoms with Crippen LogP contribution in [-0.2, 0) is 13.1 Å². The van der Waals surface area contributed by atoms with E-state index in [2.05, 4.69) is 6.58 Å². The summed E-state index contributed by atoms with van der Waals surface area (Å²) >= 11 is 6.04. The fraction of sp³-hybridized carbons (Fsp3) is 0.130. The zero-order valence-corrected chi connectivity index (χ0v) is 17.1. The lowest BCUT2D eigenvalue weighted by molar-refractivity contribution is 0.722. The zero-order valence-electron chi connectivity index (χ0n) is 16.3. The molecule has 6 nitrogen and oxygen atoms in total. The van der Waals surface area contributed by atoms with Crippen molar-refractivity contribution in [3.05, 3.63) is 88.0 Å². The van der Waals surface area contributed by atoms with E-state index >= 15 is 0 Å². The lowest BCUT2D eigenvalue weighted by Gasteiger charge is -2.09. The molecule has 7 heteroatoms. The first-order chi connectivity index (χ1) is 14.6. The number of allylic oxidation sites excluding steroid dienone is 1. The van der Waals surface area contributed by atoms with Gasteiger partial charge in [0.2, 0.25) is 0 Å². The Morgan fingerprint density at radius 1 is 0.967 bits per heavy atom. The number of benzene rings is 2. The van der Waals surface area contributed by atoms with Crippen molar-refractivity contribution < 1.29 is 0 Å². The van der Waals surface area contributed by atoms with Crippen molar-refractivity contribution in [2.24, 2.45) is 0 Å². The van der Waals surface area contributed by atoms with Crippen LogP contribution in [-0.4, -0.2) is 24.1 Å². The molecule has 30 heavy (non-hydrogen) atoms. The van der Waals surface area contributed by atoms with Crippen LogP contribution in [0.2, 0.25) is 5.02 Å². The van der Waals surface area contributed by atoms with E-state index in [0.29, 0.717) is 46.1 Å². The van der Waals surface area contributed by atoms with E-state index in [9.17, 15) is 4.79 Å². The summed E-state index contributed by atoms with van der Waals surface area (Å²) in [6.45, 7) is 6.47. The van der Waals surface area contributed by atoms with Crippen LogP contribution in [0.1, 0.15) is 11.4 Å². The average molecular weight is 416 g/mol. The first-order valence-corrected chi connectivity index (χ1v) is 9.96. The second-order valence-corrected chi connectivity index (χ2v) is 7.60. The molecule has 0 bridgehead atoms. The quantitative estimate of drug-likeness (QED) is 0.405. The second kappa shape index (κ2) is 7.07. The van der Waals surface area contributed by atoms with Crippen LogP contribution in [0, 0.1) is 6.92 Å². The minimum Gasteiger partial charge on any atom is -0.304 e. The Hall–Kier alpha value is -3.51. The van der Waals surface area contributed by atoms with Crippen LogP contribution < -0.4 is 5.56 Å². The van der Waals surface area contributed by atoms with Gasteiger partial charge >= 0.3 is 0 Å². The summed E-state index contributed by atoms with van der Waals surface area (Å²) in [7, 11) is 0. The highest BCUT2D eigenvalue weighted by Crippen LogP contribution is 2.26. The minimum atomic E-state index is -0.137. The van der Waals surface area contributed by atoms with Gasteiger partial charge in [-0.1, -0.05) is 41.9 Å². The van der Waals surface area contributed by atoms with Gasteiger partial charge in [0.15, 0.2) is 11.3 Å². The molecule has 0 spiro atoms. The van der Waals surface area contributed by atoms with E-state index < -0.39 is 0 Å². The number of hydrogen-bond acceptors (Lipinski definition) is 4. The van der Waals surface area contributed by atoms with Crippen LogP contribution in [0.15, 0.2) is 66.0 Å². The number of halogens is 1. The van der Waals surface area contributed by atoms with Crippen molar-refractivity contribution in [1.82, 2.24) is 24.1 Å². The lowest BCUT2D eigenvalue weighted by Crippen LogP contribution is -2.23. The SMILES string of the molecule is C=CCn1c(C)nc2c(c1=O)c1nc3ccccc3nc1n2Cc1ccc(Cl)cc1. The van der Waals surface area contributed by atoms with Crippen LogP contribution in [0.4, 0.5) is 0 Å². The molecule has 0 fully saturated rings. The Balaban J connectivity index is 1.89. The van der Waals surface area contributed by atoms with E-state index in [1.54, 1.807) is 10.6 Å². The minimum absolute atomic E-state index is 0.137. The highest BCUT2D eigenvalue weighted by molar-refractivity contribution is 6.30. The van der Waals surface area contributed by atoms with Crippen LogP contribution in [0.5, 0.6) is 0 Å². The number of para-hydroxylation sites is 2. The number of nitrogens with zero attached hydrogens (tertiary/aromatic N) is 5. The maximum absolute atomic E-state index is 13.4. The summed E-state index contributed by atoms with van der Waals surface area (Å²) in [4.78, 5) is 27.8. The molecule has 2 aromatic carbocycles. The molecule has 5 rings (SSSR count). The molecule has 0 atom stereocenters. The largest absolute Gasteiger partial charge is 0.304 e. The van der Waals surface area contributed by atoms with Crippen molar-refractivity contribution in [2.45, 2.75) is 20.0 Å². The summed E-state index contributed by atoms with van der Waals surface area (Å²) in [5.74, 6) is 0.622. The normalized spacial score (nSPS) is 11.5. The van der Waals surface area contributed by atoms with E-state index in [1.807, 2.05) is 60.0 Å². The first-order valence-electron chi connectivity index (χ1n) is 9.58. The van der Waals surface area contributed by atoms with Crippen molar-refractivity contribution in [3.8, 4) is 0 Å². The molecule has 148 valence electrons. The summed E-state index contributed by atoms with van der Waals surface area (Å²) in [5.41, 5.74) is 4.19. The maximum Gasteiger partial charge on any atom is 0.265 e. The molecule has 0 saturated carbocycles. The molecule has 0 amide bonds. The summed E-state index contributed by atoms with van der Waals surface area (Å²) in [5, 5.41) is 1.15. The van der Waals surface area contributed by atoms with Crippen molar-refractivity contribution in [3.63, 3.8) is 0 Å². The standard InChI is InChI=1S/C23H18ClN5O/c1-3-12-28-14(2)25-21-19(23(28)30)20-22(27-18-7-5-4-6-17(18)26-20)29(21)13-15-8-10-16(24)11-9-15/h3-11H,1,12-13H2,2H3. The van der Waals surface area contributed by atoms with Crippen LogP contribution in [0.25, 0.3) is 33.2 Å². The zero-order chi connectivity index (χ0) is 20.8. The first kappa shape index (κ1) is 18.5. The highest BCUT2D eigenvalue weighted by atomic mass is 35.5. The van der Waals surface area contributed by atoms with E-state index in [1.165, 1.54) is 0 Å². The van der Waals surface area contributed by atoms with E-state index in [0.717, 1.165) is 16.6 Å². The number of fused-ring (bicyclic) bond motifs is 4. The molecule has 0 aliphatic rings. The van der Waals surface area contributed by atoms with Gasteiger partial charge in [0, 0.05) is 11.6 Å². The fourth-order valence-corrected chi connectivity index (χ4v) is 3.89. The lowest BCUT2D eigenvalue weighted by atomic mass is 10.2. The van der Waals surface area contributed by atoms with Crippen LogP contribution >= 0.6 is 11.6 Å². The maximum atomic E-state index is 13.4. The molecular weight excluding hydrogens is 398 g/mol. The third kappa shape index (κ3) is 2.88.